The number of hydrogen-bond donors (Lipinski definition) is 1. The van der Waals surface area contributed by atoms with Crippen molar-refractivity contribution in [3.8, 4) is 0 Å². The van der Waals surface area contributed by atoms with Crippen LogP contribution in [0, 0.1) is 0 Å². The van der Waals surface area contributed by atoms with Gasteiger partial charge in [0.05, 0.1) is 0 Å². The zero-order valence-corrected chi connectivity index (χ0v) is 9.00. The molecule has 0 unspecified atom stereocenters. The largest absolute Gasteiger partial charge is 0.379 e. The quantitative estimate of drug-likeness (QED) is 0.740. The average Bonchev–Trinajstić information content (AvgIpc) is 2.53. The van der Waals surface area contributed by atoms with Crippen LogP contribution in [0.15, 0.2) is 4.63 Å². The highest BCUT2D eigenvalue weighted by Gasteiger charge is 2.23. The van der Waals surface area contributed by atoms with E-state index in [2.05, 4.69) is 14.9 Å². The molecule has 0 aliphatic carbocycles. The van der Waals surface area contributed by atoms with Gasteiger partial charge >= 0.3 is 0 Å². The van der Waals surface area contributed by atoms with Crippen LogP contribution in [-0.4, -0.2) is 45.7 Å². The van der Waals surface area contributed by atoms with Gasteiger partial charge in [-0.05, 0) is 22.5 Å². The summed E-state index contributed by atoms with van der Waals surface area (Å²) < 4.78 is 4.41. The summed E-state index contributed by atoms with van der Waals surface area (Å²) in [6.45, 7) is 1.48. The molecule has 7 heteroatoms. The third-order valence-electron chi connectivity index (χ3n) is 2.23. The lowest BCUT2D eigenvalue weighted by Crippen LogP contribution is -2.33. The Labute approximate surface area is 91.1 Å². The molecule has 2 rings (SSSR count). The zero-order valence-electron chi connectivity index (χ0n) is 8.18. The van der Waals surface area contributed by atoms with Crippen molar-refractivity contribution in [3.05, 3.63) is 5.69 Å². The molecule has 2 N–H and O–H groups in total. The number of carbonyl (C=O) groups excluding carboxylic acids is 1. The molecular formula is C8H12N4O2S. The standard InChI is InChI=1S/C8H12N4O2S/c9-7-6(10-14-11-7)8(13)12-2-1-4-15-5-3-12/h1-5H2,(H2,9,11). The van der Waals surface area contributed by atoms with Crippen molar-refractivity contribution < 1.29 is 9.42 Å². The highest BCUT2D eigenvalue weighted by molar-refractivity contribution is 7.99. The summed E-state index contributed by atoms with van der Waals surface area (Å²) in [4.78, 5) is 13.7. The van der Waals surface area contributed by atoms with Crippen molar-refractivity contribution in [2.75, 3.05) is 30.3 Å². The van der Waals surface area contributed by atoms with Gasteiger partial charge in [0.15, 0.2) is 0 Å². The van der Waals surface area contributed by atoms with Crippen LogP contribution >= 0.6 is 11.8 Å². The minimum atomic E-state index is -0.184. The number of nitrogens with zero attached hydrogens (tertiary/aromatic N) is 3. The number of anilines is 1. The molecule has 2 heterocycles. The highest BCUT2D eigenvalue weighted by Crippen LogP contribution is 2.14. The molecule has 82 valence electrons. The topological polar surface area (TPSA) is 85.2 Å². The summed E-state index contributed by atoms with van der Waals surface area (Å²) in [5.74, 6) is 1.93. The summed E-state index contributed by atoms with van der Waals surface area (Å²) in [5.41, 5.74) is 5.59. The molecule has 0 radical (unpaired) electrons. The zero-order chi connectivity index (χ0) is 10.7. The molecule has 1 aliphatic heterocycles. The highest BCUT2D eigenvalue weighted by atomic mass is 32.2. The maximum atomic E-state index is 11.9. The summed E-state index contributed by atoms with van der Waals surface area (Å²) in [6, 6.07) is 0. The number of thioether (sulfide) groups is 1. The van der Waals surface area contributed by atoms with E-state index in [9.17, 15) is 4.79 Å². The van der Waals surface area contributed by atoms with Crippen LogP contribution in [0.3, 0.4) is 0 Å². The number of hydrogen-bond acceptors (Lipinski definition) is 6. The van der Waals surface area contributed by atoms with E-state index in [1.54, 1.807) is 4.90 Å². The van der Waals surface area contributed by atoms with Crippen molar-refractivity contribution in [2.24, 2.45) is 0 Å². The second-order valence-electron chi connectivity index (χ2n) is 3.26. The van der Waals surface area contributed by atoms with Crippen molar-refractivity contribution in [3.63, 3.8) is 0 Å². The molecular weight excluding hydrogens is 216 g/mol. The Morgan fingerprint density at radius 1 is 1.40 bits per heavy atom. The SMILES string of the molecule is Nc1nonc1C(=O)N1CCCSCC1. The van der Waals surface area contributed by atoms with Gasteiger partial charge in [0.2, 0.25) is 11.5 Å². The van der Waals surface area contributed by atoms with Gasteiger partial charge in [0, 0.05) is 18.8 Å². The van der Waals surface area contributed by atoms with Gasteiger partial charge in [-0.1, -0.05) is 0 Å². The molecule has 6 nitrogen and oxygen atoms in total. The van der Waals surface area contributed by atoms with Gasteiger partial charge in [0.25, 0.3) is 5.91 Å². The third-order valence-corrected chi connectivity index (χ3v) is 3.27. The van der Waals surface area contributed by atoms with E-state index >= 15 is 0 Å². The molecule has 1 aromatic heterocycles. The maximum Gasteiger partial charge on any atom is 0.280 e. The Hall–Kier alpha value is -1.24. The van der Waals surface area contributed by atoms with Gasteiger partial charge in [-0.3, -0.25) is 4.79 Å². The molecule has 0 atom stereocenters. The van der Waals surface area contributed by atoms with Gasteiger partial charge < -0.3 is 10.6 Å². The van der Waals surface area contributed by atoms with Crippen molar-refractivity contribution >= 4 is 23.5 Å². The van der Waals surface area contributed by atoms with E-state index in [0.717, 1.165) is 31.0 Å². The van der Waals surface area contributed by atoms with Crippen LogP contribution in [0.1, 0.15) is 16.9 Å². The molecule has 0 saturated carbocycles. The molecule has 1 amide bonds. The predicted octanol–water partition coefficient (Wildman–Crippen LogP) is 0.231. The Morgan fingerprint density at radius 2 is 2.27 bits per heavy atom. The lowest BCUT2D eigenvalue weighted by atomic mass is 10.3. The Morgan fingerprint density at radius 3 is 3.00 bits per heavy atom. The van der Waals surface area contributed by atoms with Crippen LogP contribution in [-0.2, 0) is 0 Å². The molecule has 1 aromatic rings. The van der Waals surface area contributed by atoms with Crippen LogP contribution in [0.5, 0.6) is 0 Å². The van der Waals surface area contributed by atoms with Gasteiger partial charge in [-0.15, -0.1) is 0 Å². The molecule has 0 aromatic carbocycles. The molecule has 0 spiro atoms. The lowest BCUT2D eigenvalue weighted by Gasteiger charge is -2.17. The normalized spacial score (nSPS) is 17.5. The first-order valence-electron chi connectivity index (χ1n) is 4.74. The summed E-state index contributed by atoms with van der Waals surface area (Å²) in [7, 11) is 0. The van der Waals surface area contributed by atoms with Crippen LogP contribution in [0.4, 0.5) is 5.82 Å². The number of rotatable bonds is 1. The minimum absolute atomic E-state index is 0.0666. The fourth-order valence-electron chi connectivity index (χ4n) is 1.44. The number of nitrogens with two attached hydrogens (primary N) is 1. The van der Waals surface area contributed by atoms with Crippen molar-refractivity contribution in [1.82, 2.24) is 15.2 Å². The van der Waals surface area contributed by atoms with Crippen LogP contribution in [0.2, 0.25) is 0 Å². The van der Waals surface area contributed by atoms with Gasteiger partial charge in [-0.25, -0.2) is 4.63 Å². The number of aromatic nitrogens is 2. The van der Waals surface area contributed by atoms with Crippen LogP contribution < -0.4 is 5.73 Å². The van der Waals surface area contributed by atoms with E-state index in [1.807, 2.05) is 11.8 Å². The number of carbonyl (C=O) groups is 1. The monoisotopic (exact) mass is 228 g/mol. The molecule has 0 bridgehead atoms. The summed E-state index contributed by atoms with van der Waals surface area (Å²) in [6.07, 6.45) is 1.00. The molecule has 1 saturated heterocycles. The van der Waals surface area contributed by atoms with Gasteiger partial charge in [-0.2, -0.15) is 11.8 Å². The number of amides is 1. The molecule has 15 heavy (non-hydrogen) atoms. The summed E-state index contributed by atoms with van der Waals surface area (Å²) >= 11 is 1.85. The van der Waals surface area contributed by atoms with E-state index in [0.29, 0.717) is 0 Å². The van der Waals surface area contributed by atoms with E-state index in [1.165, 1.54) is 0 Å². The molecule has 1 fully saturated rings. The van der Waals surface area contributed by atoms with Gasteiger partial charge in [0.1, 0.15) is 0 Å². The lowest BCUT2D eigenvalue weighted by molar-refractivity contribution is 0.0758. The second kappa shape index (κ2) is 4.52. The first-order chi connectivity index (χ1) is 7.29. The first-order valence-corrected chi connectivity index (χ1v) is 5.89. The molecule has 1 aliphatic rings. The van der Waals surface area contributed by atoms with E-state index in [-0.39, 0.29) is 17.4 Å². The van der Waals surface area contributed by atoms with Crippen molar-refractivity contribution in [2.45, 2.75) is 6.42 Å². The Bertz CT molecular complexity index is 346. The predicted molar refractivity (Wildman–Crippen MR) is 56.6 cm³/mol. The Balaban J connectivity index is 2.09. The number of nitrogen functional groups attached to an aromatic ring is 1. The summed E-state index contributed by atoms with van der Waals surface area (Å²) in [5, 5.41) is 6.91. The average molecular weight is 228 g/mol. The van der Waals surface area contributed by atoms with E-state index < -0.39 is 0 Å². The maximum absolute atomic E-state index is 11.9. The smallest absolute Gasteiger partial charge is 0.280 e. The van der Waals surface area contributed by atoms with Crippen molar-refractivity contribution in [1.29, 1.82) is 0 Å². The third kappa shape index (κ3) is 2.23. The fourth-order valence-corrected chi connectivity index (χ4v) is 2.33. The van der Waals surface area contributed by atoms with Crippen LogP contribution in [0.25, 0.3) is 0 Å². The second-order valence-corrected chi connectivity index (χ2v) is 4.48. The first kappa shape index (κ1) is 10.3. The fraction of sp³-hybridized carbons (Fsp3) is 0.625. The minimum Gasteiger partial charge on any atom is -0.379 e. The van der Waals surface area contributed by atoms with E-state index in [4.69, 9.17) is 5.73 Å². The Kier molecular flexibility index (Phi) is 3.10.